The average molecular weight is 172 g/mol. The van der Waals surface area contributed by atoms with Gasteiger partial charge in [0.25, 0.3) is 0 Å². The van der Waals surface area contributed by atoms with Crippen LogP contribution in [0.3, 0.4) is 0 Å². The molecule has 2 heteroatoms. The third kappa shape index (κ3) is 2.76. The zero-order chi connectivity index (χ0) is 8.81. The summed E-state index contributed by atoms with van der Waals surface area (Å²) in [6, 6.07) is 0. The van der Waals surface area contributed by atoms with Gasteiger partial charge in [-0.3, -0.25) is 0 Å². The second-order valence-electron chi connectivity index (χ2n) is 3.83. The van der Waals surface area contributed by atoms with Crippen molar-refractivity contribution in [3.8, 4) is 0 Å². The molecule has 0 saturated heterocycles. The van der Waals surface area contributed by atoms with Gasteiger partial charge >= 0.3 is 0 Å². The van der Waals surface area contributed by atoms with Gasteiger partial charge in [-0.2, -0.15) is 0 Å². The number of aliphatic hydroxyl groups excluding tert-OH is 2. The van der Waals surface area contributed by atoms with E-state index in [-0.39, 0.29) is 0 Å². The minimum absolute atomic E-state index is 0.312. The van der Waals surface area contributed by atoms with Crippen molar-refractivity contribution in [3.05, 3.63) is 0 Å². The van der Waals surface area contributed by atoms with Crippen LogP contribution in [0.25, 0.3) is 0 Å². The third-order valence-electron chi connectivity index (χ3n) is 3.07. The highest BCUT2D eigenvalue weighted by Crippen LogP contribution is 2.33. The van der Waals surface area contributed by atoms with Gasteiger partial charge in [-0.05, 0) is 24.7 Å². The first kappa shape index (κ1) is 10.0. The van der Waals surface area contributed by atoms with Crippen molar-refractivity contribution < 1.29 is 10.2 Å². The van der Waals surface area contributed by atoms with Crippen molar-refractivity contribution in [1.82, 2.24) is 0 Å². The largest absolute Gasteiger partial charge is 0.396 e. The predicted octanol–water partition coefficient (Wildman–Crippen LogP) is 1.56. The third-order valence-corrected chi connectivity index (χ3v) is 3.07. The molecule has 12 heavy (non-hydrogen) atoms. The fourth-order valence-corrected chi connectivity index (χ4v) is 2.38. The maximum Gasteiger partial charge on any atom is 0.0433 e. The van der Waals surface area contributed by atoms with Crippen LogP contribution in [0, 0.1) is 11.8 Å². The zero-order valence-corrected chi connectivity index (χ0v) is 7.71. The lowest BCUT2D eigenvalue weighted by molar-refractivity contribution is 0.144. The molecule has 0 amide bonds. The summed E-state index contributed by atoms with van der Waals surface area (Å²) in [5.74, 6) is 1.35. The van der Waals surface area contributed by atoms with E-state index in [0.717, 1.165) is 12.8 Å². The lowest BCUT2D eigenvalue weighted by Crippen LogP contribution is -2.21. The molecule has 2 unspecified atom stereocenters. The molecule has 0 aromatic heterocycles. The van der Waals surface area contributed by atoms with E-state index in [1.54, 1.807) is 0 Å². The smallest absolute Gasteiger partial charge is 0.0433 e. The molecular weight excluding hydrogens is 152 g/mol. The Morgan fingerprint density at radius 1 is 0.833 bits per heavy atom. The molecule has 1 fully saturated rings. The van der Waals surface area contributed by atoms with E-state index < -0.39 is 0 Å². The second-order valence-corrected chi connectivity index (χ2v) is 3.83. The molecule has 0 radical (unpaired) electrons. The molecule has 1 aliphatic carbocycles. The Morgan fingerprint density at radius 3 is 1.58 bits per heavy atom. The van der Waals surface area contributed by atoms with Crippen LogP contribution in [-0.4, -0.2) is 23.4 Å². The quantitative estimate of drug-likeness (QED) is 0.675. The Bertz CT molecular complexity index is 96.4. The number of aliphatic hydroxyl groups is 2. The van der Waals surface area contributed by atoms with Gasteiger partial charge in [0.2, 0.25) is 0 Å². The van der Waals surface area contributed by atoms with Crippen LogP contribution in [0.5, 0.6) is 0 Å². The highest BCUT2D eigenvalue weighted by atomic mass is 16.3. The molecule has 0 spiro atoms. The normalized spacial score (nSPS) is 30.5. The minimum atomic E-state index is 0.312. The van der Waals surface area contributed by atoms with Crippen LogP contribution in [0.1, 0.15) is 38.5 Å². The Hall–Kier alpha value is -0.0800. The Morgan fingerprint density at radius 2 is 1.25 bits per heavy atom. The zero-order valence-electron chi connectivity index (χ0n) is 7.71. The van der Waals surface area contributed by atoms with Gasteiger partial charge in [0.1, 0.15) is 0 Å². The van der Waals surface area contributed by atoms with Crippen LogP contribution in [-0.2, 0) is 0 Å². The molecule has 0 bridgehead atoms. The van der Waals surface area contributed by atoms with Gasteiger partial charge in [-0.25, -0.2) is 0 Å². The molecule has 2 N–H and O–H groups in total. The summed E-state index contributed by atoms with van der Waals surface area (Å²) in [4.78, 5) is 0. The fourth-order valence-electron chi connectivity index (χ4n) is 2.38. The summed E-state index contributed by atoms with van der Waals surface area (Å²) in [5, 5.41) is 17.7. The first-order valence-electron chi connectivity index (χ1n) is 5.10. The van der Waals surface area contributed by atoms with E-state index in [0.29, 0.717) is 25.0 Å². The van der Waals surface area contributed by atoms with E-state index in [4.69, 9.17) is 10.2 Å². The minimum Gasteiger partial charge on any atom is -0.396 e. The molecule has 1 rings (SSSR count). The van der Waals surface area contributed by atoms with Crippen molar-refractivity contribution in [3.63, 3.8) is 0 Å². The van der Waals surface area contributed by atoms with E-state index >= 15 is 0 Å². The number of hydrogen-bond donors (Lipinski definition) is 2. The first-order valence-corrected chi connectivity index (χ1v) is 5.10. The Balaban J connectivity index is 2.31. The van der Waals surface area contributed by atoms with Crippen LogP contribution in [0.2, 0.25) is 0 Å². The summed E-state index contributed by atoms with van der Waals surface area (Å²) in [6.45, 7) is 0.624. The van der Waals surface area contributed by atoms with Crippen molar-refractivity contribution in [2.45, 2.75) is 38.5 Å². The maximum absolute atomic E-state index is 8.84. The van der Waals surface area contributed by atoms with Gasteiger partial charge in [0.05, 0.1) is 0 Å². The van der Waals surface area contributed by atoms with E-state index in [2.05, 4.69) is 0 Å². The van der Waals surface area contributed by atoms with Crippen molar-refractivity contribution in [1.29, 1.82) is 0 Å². The molecule has 0 heterocycles. The van der Waals surface area contributed by atoms with Crippen LogP contribution in [0.15, 0.2) is 0 Å². The van der Waals surface area contributed by atoms with Crippen molar-refractivity contribution >= 4 is 0 Å². The monoisotopic (exact) mass is 172 g/mol. The van der Waals surface area contributed by atoms with Crippen LogP contribution >= 0.6 is 0 Å². The van der Waals surface area contributed by atoms with Crippen LogP contribution < -0.4 is 0 Å². The maximum atomic E-state index is 8.84. The summed E-state index contributed by atoms with van der Waals surface area (Å²) in [7, 11) is 0. The lowest BCUT2D eigenvalue weighted by Gasteiger charge is -2.30. The molecule has 2 atom stereocenters. The summed E-state index contributed by atoms with van der Waals surface area (Å²) < 4.78 is 0. The van der Waals surface area contributed by atoms with Gasteiger partial charge in [-0.15, -0.1) is 0 Å². The van der Waals surface area contributed by atoms with Crippen LogP contribution in [0.4, 0.5) is 0 Å². The van der Waals surface area contributed by atoms with E-state index in [1.807, 2.05) is 0 Å². The summed E-state index contributed by atoms with van der Waals surface area (Å²) >= 11 is 0. The molecule has 72 valence electrons. The predicted molar refractivity (Wildman–Crippen MR) is 48.9 cm³/mol. The van der Waals surface area contributed by atoms with Gasteiger partial charge in [0.15, 0.2) is 0 Å². The fraction of sp³-hybridized carbons (Fsp3) is 1.00. The number of hydrogen-bond acceptors (Lipinski definition) is 2. The lowest BCUT2D eigenvalue weighted by atomic mass is 9.76. The number of rotatable bonds is 4. The molecule has 0 aromatic carbocycles. The molecule has 0 aromatic rings. The van der Waals surface area contributed by atoms with Gasteiger partial charge < -0.3 is 10.2 Å². The molecular formula is C10H20O2. The molecule has 2 nitrogen and oxygen atoms in total. The average Bonchev–Trinajstić information content (AvgIpc) is 2.09. The Kier molecular flexibility index (Phi) is 4.62. The topological polar surface area (TPSA) is 40.5 Å². The first-order chi connectivity index (χ1) is 5.88. The molecule has 0 aliphatic heterocycles. The van der Waals surface area contributed by atoms with Crippen molar-refractivity contribution in [2.24, 2.45) is 11.8 Å². The highest BCUT2D eigenvalue weighted by molar-refractivity contribution is 4.74. The van der Waals surface area contributed by atoms with Crippen molar-refractivity contribution in [2.75, 3.05) is 13.2 Å². The highest BCUT2D eigenvalue weighted by Gasteiger charge is 2.23. The van der Waals surface area contributed by atoms with E-state index in [9.17, 15) is 0 Å². The van der Waals surface area contributed by atoms with Gasteiger partial charge in [-0.1, -0.05) is 25.7 Å². The molecule has 1 saturated carbocycles. The van der Waals surface area contributed by atoms with Gasteiger partial charge in [0, 0.05) is 13.2 Å². The van der Waals surface area contributed by atoms with E-state index in [1.165, 1.54) is 25.7 Å². The summed E-state index contributed by atoms with van der Waals surface area (Å²) in [6.07, 6.45) is 7.00. The molecule has 1 aliphatic rings. The standard InChI is InChI=1S/C10H20O2/c11-7-5-9-3-1-2-4-10(9)6-8-12/h9-12H,1-8H2. The second kappa shape index (κ2) is 5.55. The Labute approximate surface area is 74.6 Å². The SMILES string of the molecule is OCCC1CCCCC1CCO. The summed E-state index contributed by atoms with van der Waals surface area (Å²) in [5.41, 5.74) is 0.